The summed E-state index contributed by atoms with van der Waals surface area (Å²) >= 11 is 0. The molecule has 1 N–H and O–H groups in total. The third kappa shape index (κ3) is 8.76. The first-order valence-electron chi connectivity index (χ1n) is 13.9. The maximum absolute atomic E-state index is 14.8. The first-order valence-corrected chi connectivity index (χ1v) is 13.9. The van der Waals surface area contributed by atoms with Crippen molar-refractivity contribution in [2.75, 3.05) is 33.4 Å². The maximum Gasteiger partial charge on any atom is 0.460 e. The van der Waals surface area contributed by atoms with Crippen molar-refractivity contribution >= 4 is 12.1 Å². The molecule has 0 aromatic heterocycles. The van der Waals surface area contributed by atoms with Crippen LogP contribution in [-0.2, 0) is 16.0 Å². The van der Waals surface area contributed by atoms with Gasteiger partial charge >= 0.3 is 47.9 Å². The average Bonchev–Trinajstić information content (AvgIpc) is 3.00. The minimum absolute atomic E-state index is 0.0683. The van der Waals surface area contributed by atoms with Gasteiger partial charge in [-0.2, -0.15) is 57.1 Å². The van der Waals surface area contributed by atoms with Crippen molar-refractivity contribution in [3.63, 3.8) is 0 Å². The molecule has 21 heteroatoms. The van der Waals surface area contributed by atoms with Crippen LogP contribution in [0.15, 0.2) is 42.5 Å². The van der Waals surface area contributed by atoms with Crippen LogP contribution in [0.3, 0.4) is 0 Å². The zero-order valence-corrected chi connectivity index (χ0v) is 25.9. The summed E-state index contributed by atoms with van der Waals surface area (Å²) in [6, 6.07) is 8.71. The van der Waals surface area contributed by atoms with E-state index in [0.717, 1.165) is 13.2 Å². The van der Waals surface area contributed by atoms with Crippen LogP contribution in [0.4, 0.5) is 61.9 Å². The van der Waals surface area contributed by atoms with Crippen LogP contribution in [0.25, 0.3) is 0 Å². The number of carbonyl (C=O) groups is 2. The van der Waals surface area contributed by atoms with Crippen LogP contribution in [0.1, 0.15) is 18.1 Å². The molecule has 1 unspecified atom stereocenters. The first-order chi connectivity index (χ1) is 22.8. The third-order valence-corrected chi connectivity index (χ3v) is 6.78. The number of aryl methyl sites for hydroxylation is 1. The number of rotatable bonds is 17. The fraction of sp³-hybridized carbons (Fsp3) is 0.517. The van der Waals surface area contributed by atoms with Gasteiger partial charge in [0.25, 0.3) is 0 Å². The Kier molecular flexibility index (Phi) is 12.9. The van der Waals surface area contributed by atoms with Gasteiger partial charge in [-0.15, -0.1) is 0 Å². The quantitative estimate of drug-likeness (QED) is 0.166. The number of hydrogen-bond acceptors (Lipinski definition) is 6. The number of benzene rings is 2. The number of aliphatic carboxylic acids is 1. The third-order valence-electron chi connectivity index (χ3n) is 6.78. The van der Waals surface area contributed by atoms with E-state index >= 15 is 0 Å². The van der Waals surface area contributed by atoms with Gasteiger partial charge in [-0.1, -0.05) is 18.2 Å². The number of methoxy groups -OCH3 is 1. The normalized spacial score (nSPS) is 13.8. The Bertz CT molecular complexity index is 1470. The van der Waals surface area contributed by atoms with E-state index in [1.54, 1.807) is 6.92 Å². The minimum Gasteiger partial charge on any atom is -0.493 e. The van der Waals surface area contributed by atoms with E-state index < -0.39 is 84.3 Å². The zero-order chi connectivity index (χ0) is 38.5. The molecule has 0 fully saturated rings. The molecule has 1 amide bonds. The molecule has 0 aliphatic heterocycles. The molecule has 0 saturated carbocycles. The van der Waals surface area contributed by atoms with E-state index in [2.05, 4.69) is 0 Å². The standard InChI is InChI=1S/C29H28F13NO7/c1-4-48-21(22(44)45)14-17-6-8-18(9-7-17)49-12-11-43(23(46)50-20-13-16(2)5-10-19(20)47-3)15-24(30,31)25(32,33)26(34,35)27(36,37)28(38,39)29(40,41)42/h5-10,13,21H,4,11-12,14-15H2,1-3H3,(H,44,45). The smallest absolute Gasteiger partial charge is 0.460 e. The number of carboxylic acids is 1. The summed E-state index contributed by atoms with van der Waals surface area (Å²) in [7, 11) is 1.05. The van der Waals surface area contributed by atoms with Crippen molar-refractivity contribution in [2.24, 2.45) is 0 Å². The molecule has 0 aliphatic carbocycles. The Labute approximate surface area is 274 Å². The number of carbonyl (C=O) groups excluding carboxylic acids is 1. The van der Waals surface area contributed by atoms with Gasteiger partial charge in [0.15, 0.2) is 17.6 Å². The van der Waals surface area contributed by atoms with E-state index in [-0.39, 0.29) is 24.5 Å². The summed E-state index contributed by atoms with van der Waals surface area (Å²) in [6.07, 6.45) is -11.0. The molecular weight excluding hydrogens is 721 g/mol. The molecule has 0 bridgehead atoms. The van der Waals surface area contributed by atoms with Gasteiger partial charge in [-0.05, 0) is 49.2 Å². The van der Waals surface area contributed by atoms with E-state index in [1.807, 2.05) is 0 Å². The van der Waals surface area contributed by atoms with E-state index in [9.17, 15) is 71.8 Å². The van der Waals surface area contributed by atoms with Crippen LogP contribution >= 0.6 is 0 Å². The second-order valence-corrected chi connectivity index (χ2v) is 10.4. The van der Waals surface area contributed by atoms with Gasteiger partial charge in [0.2, 0.25) is 0 Å². The highest BCUT2D eigenvalue weighted by molar-refractivity contribution is 5.73. The van der Waals surface area contributed by atoms with Crippen LogP contribution in [0, 0.1) is 6.92 Å². The number of carboxylic acid groups (broad SMARTS) is 1. The number of ether oxygens (including phenoxy) is 4. The van der Waals surface area contributed by atoms with Crippen molar-refractivity contribution in [3.8, 4) is 17.2 Å². The molecule has 0 saturated heterocycles. The molecule has 0 heterocycles. The molecule has 2 rings (SSSR count). The molecule has 1 atom stereocenters. The van der Waals surface area contributed by atoms with Crippen LogP contribution in [0.5, 0.6) is 17.2 Å². The van der Waals surface area contributed by atoms with Gasteiger partial charge in [-0.3, -0.25) is 4.90 Å². The predicted octanol–water partition coefficient (Wildman–Crippen LogP) is 7.65. The van der Waals surface area contributed by atoms with E-state index in [0.29, 0.717) is 11.1 Å². The molecule has 2 aromatic carbocycles. The summed E-state index contributed by atoms with van der Waals surface area (Å²) in [4.78, 5) is 23.7. The molecule has 0 spiro atoms. The van der Waals surface area contributed by atoms with Gasteiger partial charge in [-0.25, -0.2) is 9.59 Å². The van der Waals surface area contributed by atoms with Gasteiger partial charge in [0.1, 0.15) is 12.4 Å². The van der Waals surface area contributed by atoms with Crippen molar-refractivity contribution in [3.05, 3.63) is 53.6 Å². The number of amides is 1. The van der Waals surface area contributed by atoms with Crippen molar-refractivity contribution in [2.45, 2.75) is 62.2 Å². The summed E-state index contributed by atoms with van der Waals surface area (Å²) < 4.78 is 198. The highest BCUT2D eigenvalue weighted by Gasteiger charge is 2.90. The Balaban J connectivity index is 2.41. The fourth-order valence-electron chi connectivity index (χ4n) is 4.03. The van der Waals surface area contributed by atoms with Crippen LogP contribution in [0.2, 0.25) is 0 Å². The summed E-state index contributed by atoms with van der Waals surface area (Å²) in [6.45, 7) is -2.18. The first kappa shape index (κ1) is 42.0. The summed E-state index contributed by atoms with van der Waals surface area (Å²) in [5.41, 5.74) is 0.735. The molecule has 50 heavy (non-hydrogen) atoms. The lowest BCUT2D eigenvalue weighted by Crippen LogP contribution is -2.71. The predicted molar refractivity (Wildman–Crippen MR) is 145 cm³/mol. The number of hydrogen-bond donors (Lipinski definition) is 1. The van der Waals surface area contributed by atoms with E-state index in [4.69, 9.17) is 18.9 Å². The van der Waals surface area contributed by atoms with Gasteiger partial charge in [0, 0.05) is 13.0 Å². The number of nitrogens with zero attached hydrogens (tertiary/aromatic N) is 1. The second kappa shape index (κ2) is 15.4. The zero-order valence-electron chi connectivity index (χ0n) is 25.9. The topological polar surface area (TPSA) is 94.5 Å². The molecule has 8 nitrogen and oxygen atoms in total. The monoisotopic (exact) mass is 749 g/mol. The lowest BCUT2D eigenvalue weighted by molar-refractivity contribution is -0.440. The SMILES string of the molecule is CCOC(Cc1ccc(OCCN(CC(F)(F)C(F)(F)C(F)(F)C(F)(F)C(F)(F)C(F)(F)F)C(=O)Oc2cc(C)ccc2OC)cc1)C(=O)O. The molecule has 2 aromatic rings. The molecule has 0 aliphatic rings. The van der Waals surface area contributed by atoms with Crippen molar-refractivity contribution in [1.82, 2.24) is 4.90 Å². The second-order valence-electron chi connectivity index (χ2n) is 10.4. The number of alkyl halides is 13. The van der Waals surface area contributed by atoms with Crippen molar-refractivity contribution in [1.29, 1.82) is 0 Å². The van der Waals surface area contributed by atoms with Crippen molar-refractivity contribution < 1.29 is 90.7 Å². The Hall–Kier alpha value is -4.17. The Morgan fingerprint density at radius 1 is 0.800 bits per heavy atom. The Morgan fingerprint density at radius 2 is 1.36 bits per heavy atom. The summed E-state index contributed by atoms with van der Waals surface area (Å²) in [5.74, 6) is -40.6. The highest BCUT2D eigenvalue weighted by atomic mass is 19.4. The highest BCUT2D eigenvalue weighted by Crippen LogP contribution is 2.60. The van der Waals surface area contributed by atoms with Crippen LogP contribution in [-0.4, -0.2) is 97.4 Å². The Morgan fingerprint density at radius 3 is 1.86 bits per heavy atom. The fourth-order valence-corrected chi connectivity index (χ4v) is 4.03. The number of halogens is 13. The maximum atomic E-state index is 14.8. The average molecular weight is 750 g/mol. The largest absolute Gasteiger partial charge is 0.493 e. The summed E-state index contributed by atoms with van der Waals surface area (Å²) in [5, 5.41) is 9.20. The minimum atomic E-state index is -8.12. The molecule has 0 radical (unpaired) electrons. The lowest BCUT2D eigenvalue weighted by atomic mass is 9.93. The van der Waals surface area contributed by atoms with E-state index in [1.165, 1.54) is 43.3 Å². The van der Waals surface area contributed by atoms with Crippen LogP contribution < -0.4 is 14.2 Å². The molecular formula is C29H28F13NO7. The van der Waals surface area contributed by atoms with Gasteiger partial charge < -0.3 is 24.1 Å². The lowest BCUT2D eigenvalue weighted by Gasteiger charge is -2.40. The molecule has 282 valence electrons. The van der Waals surface area contributed by atoms with Gasteiger partial charge in [0.05, 0.1) is 20.2 Å².